The van der Waals surface area contributed by atoms with E-state index in [4.69, 9.17) is 5.73 Å². The van der Waals surface area contributed by atoms with Gasteiger partial charge in [-0.15, -0.1) is 5.10 Å². The van der Waals surface area contributed by atoms with Crippen LogP contribution in [0.4, 0.5) is 10.1 Å². The lowest BCUT2D eigenvalue weighted by molar-refractivity contribution is 0.579. The zero-order valence-electron chi connectivity index (χ0n) is 10.9. The van der Waals surface area contributed by atoms with Gasteiger partial charge >= 0.3 is 0 Å². The van der Waals surface area contributed by atoms with E-state index in [0.29, 0.717) is 17.1 Å². The third-order valence-electron chi connectivity index (χ3n) is 3.08. The van der Waals surface area contributed by atoms with E-state index < -0.39 is 0 Å². The Morgan fingerprint density at radius 2 is 1.95 bits per heavy atom. The average molecular weight is 348 g/mol. The predicted octanol–water partition coefficient (Wildman–Crippen LogP) is 2.87. The van der Waals surface area contributed by atoms with Gasteiger partial charge in [-0.1, -0.05) is 24.3 Å². The zero-order valence-corrected chi connectivity index (χ0v) is 12.5. The lowest BCUT2D eigenvalue weighted by Crippen LogP contribution is -2.06. The van der Waals surface area contributed by atoms with Crippen molar-refractivity contribution >= 4 is 21.6 Å². The molecular weight excluding hydrogens is 337 g/mol. The highest BCUT2D eigenvalue weighted by atomic mass is 79.9. The molecule has 7 heteroatoms. The van der Waals surface area contributed by atoms with Crippen LogP contribution < -0.4 is 5.73 Å². The Morgan fingerprint density at radius 3 is 2.76 bits per heavy atom. The van der Waals surface area contributed by atoms with Crippen LogP contribution in [0.3, 0.4) is 0 Å². The molecule has 0 atom stereocenters. The molecule has 0 radical (unpaired) electrons. The SMILES string of the molecule is Nc1cccc(-c2nnnn2Cc2ccccc2F)c1Br. The highest BCUT2D eigenvalue weighted by molar-refractivity contribution is 9.10. The van der Waals surface area contributed by atoms with Crippen molar-refractivity contribution in [3.63, 3.8) is 0 Å². The van der Waals surface area contributed by atoms with Crippen molar-refractivity contribution in [2.45, 2.75) is 6.54 Å². The molecule has 0 saturated heterocycles. The molecule has 0 amide bonds. The number of tetrazole rings is 1. The van der Waals surface area contributed by atoms with Crippen molar-refractivity contribution in [1.29, 1.82) is 0 Å². The highest BCUT2D eigenvalue weighted by Gasteiger charge is 2.14. The van der Waals surface area contributed by atoms with E-state index in [2.05, 4.69) is 31.5 Å². The first-order valence-electron chi connectivity index (χ1n) is 6.21. The van der Waals surface area contributed by atoms with E-state index in [1.54, 1.807) is 24.3 Å². The topological polar surface area (TPSA) is 69.6 Å². The summed E-state index contributed by atoms with van der Waals surface area (Å²) in [4.78, 5) is 0. The van der Waals surface area contributed by atoms with Crippen LogP contribution in [0, 0.1) is 5.82 Å². The second-order valence-corrected chi connectivity index (χ2v) is 5.25. The summed E-state index contributed by atoms with van der Waals surface area (Å²) in [6, 6.07) is 12.0. The molecule has 21 heavy (non-hydrogen) atoms. The summed E-state index contributed by atoms with van der Waals surface area (Å²) < 4.78 is 16.0. The zero-order chi connectivity index (χ0) is 14.8. The van der Waals surface area contributed by atoms with Crippen LogP contribution in [-0.2, 0) is 6.54 Å². The molecule has 2 N–H and O–H groups in total. The number of hydrogen-bond donors (Lipinski definition) is 1. The van der Waals surface area contributed by atoms with Gasteiger partial charge in [0.05, 0.1) is 11.0 Å². The minimum Gasteiger partial charge on any atom is -0.398 e. The maximum absolute atomic E-state index is 13.7. The number of aromatic nitrogens is 4. The van der Waals surface area contributed by atoms with Gasteiger partial charge in [0.2, 0.25) is 0 Å². The number of nitrogen functional groups attached to an aromatic ring is 1. The van der Waals surface area contributed by atoms with Crippen molar-refractivity contribution in [1.82, 2.24) is 20.2 Å². The van der Waals surface area contributed by atoms with Gasteiger partial charge in [-0.3, -0.25) is 0 Å². The lowest BCUT2D eigenvalue weighted by atomic mass is 10.1. The van der Waals surface area contributed by atoms with E-state index >= 15 is 0 Å². The third-order valence-corrected chi connectivity index (χ3v) is 3.96. The molecule has 3 aromatic rings. The molecule has 0 spiro atoms. The summed E-state index contributed by atoms with van der Waals surface area (Å²) in [7, 11) is 0. The summed E-state index contributed by atoms with van der Waals surface area (Å²) >= 11 is 3.43. The summed E-state index contributed by atoms with van der Waals surface area (Å²) in [5.41, 5.74) is 7.74. The van der Waals surface area contributed by atoms with Crippen molar-refractivity contribution in [3.05, 3.63) is 58.3 Å². The first-order valence-corrected chi connectivity index (χ1v) is 7.00. The second kappa shape index (κ2) is 5.61. The fourth-order valence-corrected chi connectivity index (χ4v) is 2.46. The molecule has 3 rings (SSSR count). The number of anilines is 1. The van der Waals surface area contributed by atoms with E-state index in [-0.39, 0.29) is 12.4 Å². The Hall–Kier alpha value is -2.28. The molecule has 0 aliphatic rings. The first kappa shape index (κ1) is 13.7. The van der Waals surface area contributed by atoms with Gasteiger partial charge in [-0.05, 0) is 44.6 Å². The fraction of sp³-hybridized carbons (Fsp3) is 0.0714. The normalized spacial score (nSPS) is 10.8. The quantitative estimate of drug-likeness (QED) is 0.739. The largest absolute Gasteiger partial charge is 0.398 e. The number of rotatable bonds is 3. The lowest BCUT2D eigenvalue weighted by Gasteiger charge is -2.08. The first-order chi connectivity index (χ1) is 10.2. The van der Waals surface area contributed by atoms with Gasteiger partial charge < -0.3 is 5.73 Å². The van der Waals surface area contributed by atoms with Gasteiger partial charge in [0.15, 0.2) is 5.82 Å². The molecular formula is C14H11BrFN5. The standard InChI is InChI=1S/C14H11BrFN5/c15-13-10(5-3-7-12(13)17)14-18-19-20-21(14)8-9-4-1-2-6-11(9)16/h1-7H,8,17H2. The van der Waals surface area contributed by atoms with E-state index in [1.807, 2.05) is 12.1 Å². The third kappa shape index (κ3) is 2.64. The van der Waals surface area contributed by atoms with Gasteiger partial charge in [-0.25, -0.2) is 9.07 Å². The van der Waals surface area contributed by atoms with Crippen LogP contribution in [0.1, 0.15) is 5.56 Å². The average Bonchev–Trinajstić information content (AvgIpc) is 2.92. The van der Waals surface area contributed by atoms with Crippen LogP contribution >= 0.6 is 15.9 Å². The summed E-state index contributed by atoms with van der Waals surface area (Å²) in [5, 5.41) is 11.6. The van der Waals surface area contributed by atoms with Gasteiger partial charge in [0.25, 0.3) is 0 Å². The molecule has 0 aliphatic carbocycles. The van der Waals surface area contributed by atoms with E-state index in [1.165, 1.54) is 10.7 Å². The Kier molecular flexibility index (Phi) is 3.66. The van der Waals surface area contributed by atoms with Crippen molar-refractivity contribution < 1.29 is 4.39 Å². The Bertz CT molecular complexity index is 787. The molecule has 1 aromatic heterocycles. The molecule has 0 fully saturated rings. The fourth-order valence-electron chi connectivity index (χ4n) is 2.01. The smallest absolute Gasteiger partial charge is 0.183 e. The Labute approximate surface area is 128 Å². The van der Waals surface area contributed by atoms with Crippen LogP contribution in [-0.4, -0.2) is 20.2 Å². The monoisotopic (exact) mass is 347 g/mol. The van der Waals surface area contributed by atoms with E-state index in [0.717, 1.165) is 10.0 Å². The Balaban J connectivity index is 2.02. The van der Waals surface area contributed by atoms with Gasteiger partial charge in [-0.2, -0.15) is 0 Å². The predicted molar refractivity (Wildman–Crippen MR) is 80.9 cm³/mol. The van der Waals surface area contributed by atoms with E-state index in [9.17, 15) is 4.39 Å². The molecule has 5 nitrogen and oxygen atoms in total. The van der Waals surface area contributed by atoms with Crippen molar-refractivity contribution in [2.24, 2.45) is 0 Å². The minimum atomic E-state index is -0.286. The Morgan fingerprint density at radius 1 is 1.14 bits per heavy atom. The molecule has 2 aromatic carbocycles. The van der Waals surface area contributed by atoms with Crippen LogP contribution in [0.25, 0.3) is 11.4 Å². The number of benzene rings is 2. The number of hydrogen-bond acceptors (Lipinski definition) is 4. The minimum absolute atomic E-state index is 0.246. The molecule has 1 heterocycles. The number of nitrogens with two attached hydrogens (primary N) is 1. The maximum atomic E-state index is 13.7. The molecule has 0 saturated carbocycles. The van der Waals surface area contributed by atoms with Crippen LogP contribution in [0.2, 0.25) is 0 Å². The summed E-state index contributed by atoms with van der Waals surface area (Å²) in [5.74, 6) is 0.239. The second-order valence-electron chi connectivity index (χ2n) is 4.46. The van der Waals surface area contributed by atoms with Crippen LogP contribution in [0.5, 0.6) is 0 Å². The highest BCUT2D eigenvalue weighted by Crippen LogP contribution is 2.31. The molecule has 0 unspecified atom stereocenters. The van der Waals surface area contributed by atoms with Gasteiger partial charge in [0.1, 0.15) is 5.82 Å². The summed E-state index contributed by atoms with van der Waals surface area (Å²) in [6.45, 7) is 0.246. The van der Waals surface area contributed by atoms with Crippen LogP contribution in [0.15, 0.2) is 46.9 Å². The molecule has 106 valence electrons. The van der Waals surface area contributed by atoms with Crippen molar-refractivity contribution in [2.75, 3.05) is 5.73 Å². The maximum Gasteiger partial charge on any atom is 0.183 e. The molecule has 0 aliphatic heterocycles. The summed E-state index contributed by atoms with van der Waals surface area (Å²) in [6.07, 6.45) is 0. The van der Waals surface area contributed by atoms with Crippen molar-refractivity contribution in [3.8, 4) is 11.4 Å². The number of halogens is 2. The molecule has 0 bridgehead atoms. The number of nitrogens with zero attached hydrogens (tertiary/aromatic N) is 4. The van der Waals surface area contributed by atoms with Gasteiger partial charge in [0, 0.05) is 16.8 Å².